The zero-order valence-electron chi connectivity index (χ0n) is 13.5. The molecule has 0 spiro atoms. The summed E-state index contributed by atoms with van der Waals surface area (Å²) in [6, 6.07) is 10.3. The van der Waals surface area contributed by atoms with Crippen LogP contribution in [0.25, 0.3) is 10.8 Å². The minimum Gasteiger partial charge on any atom is -0.294 e. The summed E-state index contributed by atoms with van der Waals surface area (Å²) in [5.41, 5.74) is 3.47. The second-order valence-electron chi connectivity index (χ2n) is 7.55. The Kier molecular flexibility index (Phi) is 3.00. The SMILES string of the molecule is O=C(c1ccc2c3c(cccc13)CC2)C1CC2CCC(C1)S2(=O)=O. The van der Waals surface area contributed by atoms with Crippen LogP contribution in [0.2, 0.25) is 0 Å². The third-order valence-electron chi connectivity index (χ3n) is 6.35. The molecule has 2 unspecified atom stereocenters. The van der Waals surface area contributed by atoms with Crippen molar-refractivity contribution in [3.63, 3.8) is 0 Å². The van der Waals surface area contributed by atoms with Gasteiger partial charge in [0.25, 0.3) is 0 Å². The van der Waals surface area contributed by atoms with E-state index in [1.54, 1.807) is 0 Å². The third kappa shape index (κ3) is 1.89. The fourth-order valence-electron chi connectivity index (χ4n) is 5.10. The Bertz CT molecular complexity index is 944. The summed E-state index contributed by atoms with van der Waals surface area (Å²) in [5, 5.41) is 1.74. The average molecular weight is 340 g/mol. The fourth-order valence-corrected chi connectivity index (χ4v) is 7.58. The molecule has 1 aliphatic carbocycles. The molecule has 3 nitrogen and oxygen atoms in total. The van der Waals surface area contributed by atoms with E-state index in [1.807, 2.05) is 12.1 Å². The molecule has 5 rings (SSSR count). The summed E-state index contributed by atoms with van der Waals surface area (Å²) in [6.45, 7) is 0. The van der Waals surface area contributed by atoms with Crippen LogP contribution >= 0.6 is 0 Å². The number of benzene rings is 2. The molecule has 0 aromatic heterocycles. The zero-order chi connectivity index (χ0) is 16.5. The summed E-state index contributed by atoms with van der Waals surface area (Å²) in [4.78, 5) is 13.2. The second kappa shape index (κ2) is 4.92. The molecule has 24 heavy (non-hydrogen) atoms. The lowest BCUT2D eigenvalue weighted by Gasteiger charge is -2.27. The van der Waals surface area contributed by atoms with Gasteiger partial charge in [-0.15, -0.1) is 0 Å². The van der Waals surface area contributed by atoms with Gasteiger partial charge in [0.15, 0.2) is 15.6 Å². The molecule has 2 saturated heterocycles. The lowest BCUT2D eigenvalue weighted by atomic mass is 9.87. The van der Waals surface area contributed by atoms with Gasteiger partial charge in [-0.25, -0.2) is 8.42 Å². The van der Waals surface area contributed by atoms with Gasteiger partial charge in [0, 0.05) is 11.5 Å². The van der Waals surface area contributed by atoms with Gasteiger partial charge < -0.3 is 0 Å². The first kappa shape index (κ1) is 14.6. The van der Waals surface area contributed by atoms with Gasteiger partial charge in [-0.3, -0.25) is 4.79 Å². The summed E-state index contributed by atoms with van der Waals surface area (Å²) in [6.07, 6.45) is 4.61. The maximum atomic E-state index is 13.2. The number of aryl methyl sites for hydroxylation is 2. The number of sulfone groups is 1. The quantitative estimate of drug-likeness (QED) is 0.787. The smallest absolute Gasteiger partial charge is 0.166 e. The molecule has 0 radical (unpaired) electrons. The highest BCUT2D eigenvalue weighted by Gasteiger charge is 2.48. The second-order valence-corrected chi connectivity index (χ2v) is 10.1. The maximum Gasteiger partial charge on any atom is 0.166 e. The van der Waals surface area contributed by atoms with Crippen molar-refractivity contribution in [2.24, 2.45) is 5.92 Å². The average Bonchev–Trinajstić information content (AvgIpc) is 3.00. The van der Waals surface area contributed by atoms with Crippen molar-refractivity contribution in [1.29, 1.82) is 0 Å². The Hall–Kier alpha value is -1.68. The van der Waals surface area contributed by atoms with Gasteiger partial charge in [0.1, 0.15) is 0 Å². The normalized spacial score (nSPS) is 29.9. The van der Waals surface area contributed by atoms with Crippen molar-refractivity contribution in [1.82, 2.24) is 0 Å². The molecule has 0 N–H and O–H groups in total. The van der Waals surface area contributed by atoms with Gasteiger partial charge >= 0.3 is 0 Å². The molecule has 0 saturated carbocycles. The third-order valence-corrected chi connectivity index (χ3v) is 9.06. The number of hydrogen-bond acceptors (Lipinski definition) is 3. The van der Waals surface area contributed by atoms with Crippen molar-refractivity contribution in [3.8, 4) is 0 Å². The predicted octanol–water partition coefficient (Wildman–Crippen LogP) is 3.48. The lowest BCUT2D eigenvalue weighted by Crippen LogP contribution is -2.36. The molecule has 2 aromatic carbocycles. The topological polar surface area (TPSA) is 51.2 Å². The van der Waals surface area contributed by atoms with E-state index in [0.29, 0.717) is 12.8 Å². The molecule has 124 valence electrons. The number of Topliss-reactive ketones (excluding diaryl/α,β-unsaturated/α-hetero) is 1. The van der Waals surface area contributed by atoms with E-state index in [9.17, 15) is 13.2 Å². The fraction of sp³-hybridized carbons (Fsp3) is 0.450. The molecule has 3 aliphatic rings. The number of rotatable bonds is 2. The molecule has 2 aliphatic heterocycles. The summed E-state index contributed by atoms with van der Waals surface area (Å²) >= 11 is 0. The highest BCUT2D eigenvalue weighted by Crippen LogP contribution is 2.43. The number of hydrogen-bond donors (Lipinski definition) is 0. The van der Waals surface area contributed by atoms with Crippen LogP contribution in [0.5, 0.6) is 0 Å². The number of carbonyl (C=O) groups is 1. The lowest BCUT2D eigenvalue weighted by molar-refractivity contribution is 0.0907. The Morgan fingerprint density at radius 1 is 0.917 bits per heavy atom. The first-order valence-electron chi connectivity index (χ1n) is 8.86. The van der Waals surface area contributed by atoms with Crippen LogP contribution in [0.4, 0.5) is 0 Å². The first-order chi connectivity index (χ1) is 11.6. The van der Waals surface area contributed by atoms with E-state index in [1.165, 1.54) is 16.5 Å². The molecule has 2 heterocycles. The zero-order valence-corrected chi connectivity index (χ0v) is 14.3. The van der Waals surface area contributed by atoms with Crippen LogP contribution in [0.15, 0.2) is 30.3 Å². The Labute approximate surface area is 142 Å². The molecular weight excluding hydrogens is 320 g/mol. The molecule has 0 amide bonds. The number of fused-ring (bicyclic) bond motifs is 2. The van der Waals surface area contributed by atoms with E-state index >= 15 is 0 Å². The Morgan fingerprint density at radius 2 is 1.58 bits per heavy atom. The van der Waals surface area contributed by atoms with Gasteiger partial charge in [-0.2, -0.15) is 0 Å². The van der Waals surface area contributed by atoms with E-state index in [2.05, 4.69) is 18.2 Å². The van der Waals surface area contributed by atoms with E-state index in [0.717, 1.165) is 36.6 Å². The first-order valence-corrected chi connectivity index (χ1v) is 10.5. The highest BCUT2D eigenvalue weighted by molar-refractivity contribution is 7.93. The number of carbonyl (C=O) groups excluding carboxylic acids is 1. The van der Waals surface area contributed by atoms with Crippen LogP contribution in [0.1, 0.15) is 47.2 Å². The monoisotopic (exact) mass is 340 g/mol. The van der Waals surface area contributed by atoms with Crippen LogP contribution in [-0.2, 0) is 22.7 Å². The van der Waals surface area contributed by atoms with Crippen LogP contribution in [0.3, 0.4) is 0 Å². The highest BCUT2D eigenvalue weighted by atomic mass is 32.2. The molecule has 2 fully saturated rings. The van der Waals surface area contributed by atoms with Crippen molar-refractivity contribution in [2.75, 3.05) is 0 Å². The van der Waals surface area contributed by atoms with E-state index < -0.39 is 9.84 Å². The van der Waals surface area contributed by atoms with Gasteiger partial charge in [0.05, 0.1) is 10.5 Å². The van der Waals surface area contributed by atoms with Crippen LogP contribution < -0.4 is 0 Å². The number of ketones is 1. The van der Waals surface area contributed by atoms with E-state index in [4.69, 9.17) is 0 Å². The summed E-state index contributed by atoms with van der Waals surface area (Å²) < 4.78 is 24.6. The van der Waals surface area contributed by atoms with Gasteiger partial charge in [-0.05, 0) is 60.4 Å². The van der Waals surface area contributed by atoms with Gasteiger partial charge in [0.2, 0.25) is 0 Å². The summed E-state index contributed by atoms with van der Waals surface area (Å²) in [7, 11) is -2.98. The summed E-state index contributed by atoms with van der Waals surface area (Å²) in [5.74, 6) is 0.0156. The predicted molar refractivity (Wildman–Crippen MR) is 94.1 cm³/mol. The Morgan fingerprint density at radius 3 is 2.29 bits per heavy atom. The largest absolute Gasteiger partial charge is 0.294 e. The van der Waals surface area contributed by atoms with Crippen molar-refractivity contribution < 1.29 is 13.2 Å². The van der Waals surface area contributed by atoms with Crippen molar-refractivity contribution >= 4 is 26.4 Å². The minimum atomic E-state index is -2.98. The molecule has 2 atom stereocenters. The van der Waals surface area contributed by atoms with Crippen molar-refractivity contribution in [3.05, 3.63) is 47.0 Å². The Balaban J connectivity index is 1.57. The van der Waals surface area contributed by atoms with Crippen LogP contribution in [0, 0.1) is 5.92 Å². The standard InChI is InChI=1S/C20H20O3S/c21-20(14-10-15-7-8-16(11-14)24(15,22)23)18-9-6-13-5-4-12-2-1-3-17(18)19(12)13/h1-3,6,9,14-16H,4-5,7-8,10-11H2. The molecule has 2 aromatic rings. The molecule has 2 bridgehead atoms. The van der Waals surface area contributed by atoms with Crippen LogP contribution in [-0.4, -0.2) is 24.7 Å². The minimum absolute atomic E-state index is 0.135. The van der Waals surface area contributed by atoms with Crippen molar-refractivity contribution in [2.45, 2.75) is 49.0 Å². The van der Waals surface area contributed by atoms with Gasteiger partial charge in [-0.1, -0.05) is 30.3 Å². The maximum absolute atomic E-state index is 13.2. The molecular formula is C20H20O3S. The van der Waals surface area contributed by atoms with E-state index in [-0.39, 0.29) is 22.2 Å². The molecule has 4 heteroatoms.